The van der Waals surface area contributed by atoms with Crippen molar-refractivity contribution < 1.29 is 9.15 Å². The van der Waals surface area contributed by atoms with Crippen LogP contribution in [-0.2, 0) is 5.75 Å². The Morgan fingerprint density at radius 1 is 1.17 bits per heavy atom. The molecule has 0 aliphatic heterocycles. The number of methoxy groups -OCH3 is 1. The molecule has 0 fully saturated rings. The maximum Gasteiger partial charge on any atom is 0.225 e. The van der Waals surface area contributed by atoms with E-state index in [0.29, 0.717) is 22.6 Å². The number of ether oxygens (including phenoxy) is 1. The molecule has 0 amide bonds. The molecule has 3 rings (SSSR count). The fourth-order valence-electron chi connectivity index (χ4n) is 1.87. The molecular weight excluding hydrogens is 316 g/mol. The molecule has 0 aliphatic carbocycles. The van der Waals surface area contributed by atoms with Crippen molar-refractivity contribution in [2.45, 2.75) is 10.9 Å². The zero-order valence-corrected chi connectivity index (χ0v) is 13.1. The second kappa shape index (κ2) is 6.53. The summed E-state index contributed by atoms with van der Waals surface area (Å²) in [5.41, 5.74) is 11.9. The smallest absolute Gasteiger partial charge is 0.225 e. The fraction of sp³-hybridized carbons (Fsp3) is 0.143. The second-order valence-electron chi connectivity index (χ2n) is 4.47. The molecule has 0 aliphatic rings. The largest absolute Gasteiger partial charge is 0.497 e. The summed E-state index contributed by atoms with van der Waals surface area (Å²) in [6, 6.07) is 7.56. The monoisotopic (exact) mass is 330 g/mol. The molecule has 2 aromatic heterocycles. The molecule has 0 spiro atoms. The SMILES string of the molecule is COc1cccc(-c2cnc(CSc3nc(N)nc(N)n3)o2)c1. The first kappa shape index (κ1) is 15.1. The summed E-state index contributed by atoms with van der Waals surface area (Å²) in [6.07, 6.45) is 1.67. The third kappa shape index (κ3) is 3.69. The second-order valence-corrected chi connectivity index (χ2v) is 5.42. The topological polar surface area (TPSA) is 126 Å². The first-order chi connectivity index (χ1) is 11.1. The van der Waals surface area contributed by atoms with E-state index in [-0.39, 0.29) is 11.9 Å². The summed E-state index contributed by atoms with van der Waals surface area (Å²) in [4.78, 5) is 15.9. The minimum Gasteiger partial charge on any atom is -0.497 e. The number of rotatable bonds is 5. The molecular formula is C14H14N6O2S. The number of nitrogens with two attached hydrogens (primary N) is 2. The van der Waals surface area contributed by atoms with Crippen molar-refractivity contribution in [1.82, 2.24) is 19.9 Å². The van der Waals surface area contributed by atoms with E-state index < -0.39 is 0 Å². The summed E-state index contributed by atoms with van der Waals surface area (Å²) in [5.74, 6) is 2.59. The lowest BCUT2D eigenvalue weighted by Gasteiger charge is -2.01. The van der Waals surface area contributed by atoms with Crippen molar-refractivity contribution in [3.05, 3.63) is 36.4 Å². The molecule has 0 unspecified atom stereocenters. The van der Waals surface area contributed by atoms with Crippen molar-refractivity contribution in [3.63, 3.8) is 0 Å². The van der Waals surface area contributed by atoms with Crippen LogP contribution in [0.1, 0.15) is 5.89 Å². The van der Waals surface area contributed by atoms with Crippen LogP contribution in [-0.4, -0.2) is 27.0 Å². The number of anilines is 2. The van der Waals surface area contributed by atoms with Crippen molar-refractivity contribution in [1.29, 1.82) is 0 Å². The Morgan fingerprint density at radius 3 is 2.70 bits per heavy atom. The number of hydrogen-bond acceptors (Lipinski definition) is 9. The third-order valence-corrected chi connectivity index (χ3v) is 3.71. The van der Waals surface area contributed by atoms with Crippen LogP contribution in [0.5, 0.6) is 5.75 Å². The number of nitrogen functional groups attached to an aromatic ring is 2. The van der Waals surface area contributed by atoms with E-state index in [2.05, 4.69) is 19.9 Å². The molecule has 0 saturated heterocycles. The molecule has 3 aromatic rings. The number of oxazole rings is 1. The van der Waals surface area contributed by atoms with Gasteiger partial charge in [0.25, 0.3) is 0 Å². The Labute approximate surface area is 136 Å². The number of nitrogens with zero attached hydrogens (tertiary/aromatic N) is 4. The van der Waals surface area contributed by atoms with Gasteiger partial charge in [-0.3, -0.25) is 0 Å². The Morgan fingerprint density at radius 2 is 1.96 bits per heavy atom. The molecule has 0 saturated carbocycles. The molecule has 1 aromatic carbocycles. The predicted octanol–water partition coefficient (Wildman–Crippen LogP) is 1.99. The fourth-order valence-corrected chi connectivity index (χ4v) is 2.57. The quantitative estimate of drug-likeness (QED) is 0.675. The molecule has 0 radical (unpaired) electrons. The maximum atomic E-state index is 5.73. The van der Waals surface area contributed by atoms with E-state index in [1.807, 2.05) is 24.3 Å². The minimum absolute atomic E-state index is 0.0875. The van der Waals surface area contributed by atoms with Crippen LogP contribution in [0.2, 0.25) is 0 Å². The lowest BCUT2D eigenvalue weighted by atomic mass is 10.2. The van der Waals surface area contributed by atoms with E-state index in [4.69, 9.17) is 20.6 Å². The molecule has 118 valence electrons. The summed E-state index contributed by atoms with van der Waals surface area (Å²) in [7, 11) is 1.62. The summed E-state index contributed by atoms with van der Waals surface area (Å²) >= 11 is 1.31. The van der Waals surface area contributed by atoms with Gasteiger partial charge >= 0.3 is 0 Å². The third-order valence-electron chi connectivity index (χ3n) is 2.88. The molecule has 0 bridgehead atoms. The predicted molar refractivity (Wildman–Crippen MR) is 86.7 cm³/mol. The van der Waals surface area contributed by atoms with Gasteiger partial charge in [-0.25, -0.2) is 4.98 Å². The van der Waals surface area contributed by atoms with Gasteiger partial charge in [0.05, 0.1) is 19.1 Å². The lowest BCUT2D eigenvalue weighted by Crippen LogP contribution is -2.03. The van der Waals surface area contributed by atoms with Gasteiger partial charge in [-0.2, -0.15) is 15.0 Å². The van der Waals surface area contributed by atoms with Gasteiger partial charge < -0.3 is 20.6 Å². The summed E-state index contributed by atoms with van der Waals surface area (Å²) in [6.45, 7) is 0. The standard InChI is InChI=1S/C14H14N6O2S/c1-21-9-4-2-3-8(5-9)10-6-17-11(22-10)7-23-14-19-12(15)18-13(16)20-14/h2-6H,7H2,1H3,(H4,15,16,18,19,20). The van der Waals surface area contributed by atoms with Gasteiger partial charge in [-0.15, -0.1) is 0 Å². The minimum atomic E-state index is 0.0875. The zero-order chi connectivity index (χ0) is 16.2. The van der Waals surface area contributed by atoms with E-state index in [1.165, 1.54) is 11.8 Å². The van der Waals surface area contributed by atoms with Gasteiger partial charge in [-0.1, -0.05) is 23.9 Å². The Bertz CT molecular complexity index is 802. The van der Waals surface area contributed by atoms with E-state index >= 15 is 0 Å². The zero-order valence-electron chi connectivity index (χ0n) is 12.3. The van der Waals surface area contributed by atoms with Crippen molar-refractivity contribution in [2.24, 2.45) is 0 Å². The van der Waals surface area contributed by atoms with Gasteiger partial charge in [0.15, 0.2) is 10.9 Å². The first-order valence-electron chi connectivity index (χ1n) is 6.63. The highest BCUT2D eigenvalue weighted by atomic mass is 32.2. The summed E-state index contributed by atoms with van der Waals surface area (Å²) in [5, 5.41) is 0.427. The Kier molecular flexibility index (Phi) is 4.29. The normalized spacial score (nSPS) is 10.7. The average molecular weight is 330 g/mol. The van der Waals surface area contributed by atoms with Crippen molar-refractivity contribution in [3.8, 4) is 17.1 Å². The van der Waals surface area contributed by atoms with Crippen LogP contribution < -0.4 is 16.2 Å². The highest BCUT2D eigenvalue weighted by Gasteiger charge is 2.10. The van der Waals surface area contributed by atoms with Crippen LogP contribution in [0.4, 0.5) is 11.9 Å². The van der Waals surface area contributed by atoms with Crippen LogP contribution in [0.3, 0.4) is 0 Å². The molecule has 2 heterocycles. The van der Waals surface area contributed by atoms with E-state index in [9.17, 15) is 0 Å². The number of benzene rings is 1. The summed E-state index contributed by atoms with van der Waals surface area (Å²) < 4.78 is 10.9. The van der Waals surface area contributed by atoms with Crippen molar-refractivity contribution >= 4 is 23.7 Å². The van der Waals surface area contributed by atoms with Crippen molar-refractivity contribution in [2.75, 3.05) is 18.6 Å². The average Bonchev–Trinajstić information content (AvgIpc) is 3.01. The highest BCUT2D eigenvalue weighted by molar-refractivity contribution is 7.98. The molecule has 0 atom stereocenters. The highest BCUT2D eigenvalue weighted by Crippen LogP contribution is 2.26. The Balaban J connectivity index is 1.71. The van der Waals surface area contributed by atoms with E-state index in [0.717, 1.165) is 11.3 Å². The number of hydrogen-bond donors (Lipinski definition) is 2. The van der Waals surface area contributed by atoms with Gasteiger partial charge in [0, 0.05) is 5.56 Å². The van der Waals surface area contributed by atoms with Gasteiger partial charge in [0.2, 0.25) is 17.8 Å². The molecule has 23 heavy (non-hydrogen) atoms. The molecule has 9 heteroatoms. The number of thioether (sulfide) groups is 1. The lowest BCUT2D eigenvalue weighted by molar-refractivity contribution is 0.414. The van der Waals surface area contributed by atoms with Crippen LogP contribution >= 0.6 is 11.8 Å². The van der Waals surface area contributed by atoms with Gasteiger partial charge in [-0.05, 0) is 12.1 Å². The van der Waals surface area contributed by atoms with Gasteiger partial charge in [0.1, 0.15) is 5.75 Å². The Hall–Kier alpha value is -2.81. The molecule has 8 nitrogen and oxygen atoms in total. The number of aromatic nitrogens is 4. The van der Waals surface area contributed by atoms with E-state index in [1.54, 1.807) is 13.3 Å². The molecule has 4 N–H and O–H groups in total. The van der Waals surface area contributed by atoms with Crippen LogP contribution in [0.25, 0.3) is 11.3 Å². The van der Waals surface area contributed by atoms with Crippen LogP contribution in [0, 0.1) is 0 Å². The van der Waals surface area contributed by atoms with Crippen LogP contribution in [0.15, 0.2) is 40.0 Å². The maximum absolute atomic E-state index is 5.73. The first-order valence-corrected chi connectivity index (χ1v) is 7.61.